The van der Waals surface area contributed by atoms with Crippen LogP contribution in [0.3, 0.4) is 0 Å². The molecule has 3 rings (SSSR count). The number of halogens is 6. The van der Waals surface area contributed by atoms with Gasteiger partial charge in [0.05, 0.1) is 30.4 Å². The Morgan fingerprint density at radius 2 is 1.61 bits per heavy atom. The maximum Gasteiger partial charge on any atom is 0.495 e. The highest BCUT2D eigenvalue weighted by Crippen LogP contribution is 2.38. The van der Waals surface area contributed by atoms with E-state index in [-0.39, 0.29) is 0 Å². The number of hydrogen-bond donors (Lipinski definition) is 1. The van der Waals surface area contributed by atoms with Crippen molar-refractivity contribution in [3.05, 3.63) is 23.8 Å². The molecule has 2 aliphatic rings. The molecule has 2 aliphatic heterocycles. The predicted octanol–water partition coefficient (Wildman–Crippen LogP) is 4.02. The van der Waals surface area contributed by atoms with Crippen LogP contribution in [-0.4, -0.2) is 66.9 Å². The zero-order chi connectivity index (χ0) is 25.0. The summed E-state index contributed by atoms with van der Waals surface area (Å²) in [6.45, 7) is 8.55. The molecule has 2 amide bonds. The van der Waals surface area contributed by atoms with Crippen molar-refractivity contribution in [2.75, 3.05) is 18.4 Å². The molecular formula is C20H25BF6N2O4. The lowest BCUT2D eigenvalue weighted by molar-refractivity contribution is -0.336. The van der Waals surface area contributed by atoms with E-state index in [1.807, 2.05) is 27.7 Å². The topological polar surface area (TPSA) is 60.0 Å². The van der Waals surface area contributed by atoms with E-state index in [4.69, 9.17) is 9.31 Å². The summed E-state index contributed by atoms with van der Waals surface area (Å²) in [5, 5.41) is 2.63. The molecule has 0 bridgehead atoms. The second-order valence-electron chi connectivity index (χ2n) is 9.16. The van der Waals surface area contributed by atoms with Crippen LogP contribution in [0.25, 0.3) is 0 Å². The van der Waals surface area contributed by atoms with Crippen LogP contribution in [0, 0.1) is 6.92 Å². The van der Waals surface area contributed by atoms with E-state index in [1.165, 1.54) is 0 Å². The van der Waals surface area contributed by atoms with Crippen molar-refractivity contribution in [2.24, 2.45) is 0 Å². The quantitative estimate of drug-likeness (QED) is 0.521. The third-order valence-electron chi connectivity index (χ3n) is 6.18. The Morgan fingerprint density at radius 3 is 2.09 bits per heavy atom. The SMILES string of the molecule is Cc1c(NC(=O)N2CC(OC(C(F)(F)F)C(F)(F)F)C2)cccc1B1OC(C)(C)C(C)(C)O1. The van der Waals surface area contributed by atoms with Gasteiger partial charge in [-0.3, -0.25) is 0 Å². The van der Waals surface area contributed by atoms with Crippen LogP contribution >= 0.6 is 0 Å². The summed E-state index contributed by atoms with van der Waals surface area (Å²) >= 11 is 0. The highest BCUT2D eigenvalue weighted by atomic mass is 19.4. The monoisotopic (exact) mass is 482 g/mol. The molecule has 0 aromatic heterocycles. The van der Waals surface area contributed by atoms with Crippen molar-refractivity contribution >= 4 is 24.3 Å². The molecule has 2 heterocycles. The highest BCUT2D eigenvalue weighted by molar-refractivity contribution is 6.62. The van der Waals surface area contributed by atoms with Gasteiger partial charge in [0.25, 0.3) is 0 Å². The fraction of sp³-hybridized carbons (Fsp3) is 0.650. The van der Waals surface area contributed by atoms with Crippen molar-refractivity contribution in [1.29, 1.82) is 0 Å². The molecule has 1 aromatic carbocycles. The van der Waals surface area contributed by atoms with E-state index in [1.54, 1.807) is 25.1 Å². The number of rotatable bonds is 4. The first-order chi connectivity index (χ1) is 14.9. The number of amides is 2. The molecule has 33 heavy (non-hydrogen) atoms. The van der Waals surface area contributed by atoms with Crippen LogP contribution in [0.5, 0.6) is 0 Å². The molecular weight excluding hydrogens is 457 g/mol. The van der Waals surface area contributed by atoms with E-state index in [0.29, 0.717) is 16.7 Å². The van der Waals surface area contributed by atoms with Crippen LogP contribution in [0.15, 0.2) is 18.2 Å². The molecule has 0 atom stereocenters. The number of likely N-dealkylation sites (tertiary alicyclic amines) is 1. The number of nitrogens with zero attached hydrogens (tertiary/aromatic N) is 1. The van der Waals surface area contributed by atoms with E-state index in [9.17, 15) is 31.1 Å². The van der Waals surface area contributed by atoms with Crippen molar-refractivity contribution in [3.63, 3.8) is 0 Å². The summed E-state index contributed by atoms with van der Waals surface area (Å²) in [5.41, 5.74) is 0.628. The van der Waals surface area contributed by atoms with Gasteiger partial charge in [0.1, 0.15) is 0 Å². The van der Waals surface area contributed by atoms with E-state index >= 15 is 0 Å². The smallest absolute Gasteiger partial charge is 0.399 e. The van der Waals surface area contributed by atoms with Gasteiger partial charge >= 0.3 is 25.5 Å². The molecule has 2 fully saturated rings. The number of carbonyl (C=O) groups is 1. The summed E-state index contributed by atoms with van der Waals surface area (Å²) in [6.07, 6.45) is -16.4. The number of nitrogens with one attached hydrogen (secondary N) is 1. The number of ether oxygens (including phenoxy) is 1. The molecule has 2 saturated heterocycles. The van der Waals surface area contributed by atoms with E-state index < -0.39 is 62.0 Å². The van der Waals surface area contributed by atoms with Gasteiger partial charge in [-0.15, -0.1) is 0 Å². The molecule has 1 N–H and O–H groups in total. The lowest BCUT2D eigenvalue weighted by Crippen LogP contribution is -2.59. The highest BCUT2D eigenvalue weighted by Gasteiger charge is 2.59. The van der Waals surface area contributed by atoms with Gasteiger partial charge in [0.2, 0.25) is 6.10 Å². The summed E-state index contributed by atoms with van der Waals surface area (Å²) in [6, 6.07) is 4.43. The molecule has 6 nitrogen and oxygen atoms in total. The maximum atomic E-state index is 12.6. The third-order valence-corrected chi connectivity index (χ3v) is 6.18. The number of hydrogen-bond acceptors (Lipinski definition) is 4. The largest absolute Gasteiger partial charge is 0.495 e. The minimum absolute atomic E-state index is 0.398. The van der Waals surface area contributed by atoms with Crippen LogP contribution in [0.4, 0.5) is 36.8 Å². The summed E-state index contributed by atoms with van der Waals surface area (Å²) < 4.78 is 92.0. The zero-order valence-electron chi connectivity index (χ0n) is 18.7. The number of urea groups is 1. The first kappa shape index (κ1) is 25.6. The predicted molar refractivity (Wildman–Crippen MR) is 108 cm³/mol. The third kappa shape index (κ3) is 5.25. The van der Waals surface area contributed by atoms with Crippen LogP contribution in [-0.2, 0) is 14.0 Å². The van der Waals surface area contributed by atoms with Gasteiger partial charge in [-0.1, -0.05) is 12.1 Å². The van der Waals surface area contributed by atoms with Gasteiger partial charge < -0.3 is 24.3 Å². The second kappa shape index (κ2) is 8.35. The van der Waals surface area contributed by atoms with Gasteiger partial charge in [0.15, 0.2) is 0 Å². The summed E-state index contributed by atoms with van der Waals surface area (Å²) in [7, 11) is -0.671. The first-order valence-corrected chi connectivity index (χ1v) is 10.2. The molecule has 0 spiro atoms. The molecule has 0 radical (unpaired) electrons. The lowest BCUT2D eigenvalue weighted by Gasteiger charge is -2.41. The Hall–Kier alpha value is -1.99. The average molecular weight is 482 g/mol. The molecule has 0 saturated carbocycles. The van der Waals surface area contributed by atoms with Crippen molar-refractivity contribution in [3.8, 4) is 0 Å². The number of alkyl halides is 6. The number of anilines is 1. The molecule has 13 heteroatoms. The Morgan fingerprint density at radius 1 is 1.09 bits per heavy atom. The van der Waals surface area contributed by atoms with E-state index in [0.717, 1.165) is 4.90 Å². The number of carbonyl (C=O) groups excluding carboxylic acids is 1. The van der Waals surface area contributed by atoms with Gasteiger partial charge in [0, 0.05) is 5.69 Å². The van der Waals surface area contributed by atoms with Gasteiger partial charge in [-0.25, -0.2) is 4.79 Å². The maximum absolute atomic E-state index is 12.6. The minimum Gasteiger partial charge on any atom is -0.399 e. The zero-order valence-corrected chi connectivity index (χ0v) is 18.7. The van der Waals surface area contributed by atoms with Crippen molar-refractivity contribution in [1.82, 2.24) is 4.90 Å². The average Bonchev–Trinajstić information content (AvgIpc) is 2.80. The second-order valence-corrected chi connectivity index (χ2v) is 9.16. The molecule has 0 aliphatic carbocycles. The fourth-order valence-electron chi connectivity index (χ4n) is 3.43. The van der Waals surface area contributed by atoms with Gasteiger partial charge in [-0.05, 0) is 51.7 Å². The van der Waals surface area contributed by atoms with Gasteiger partial charge in [-0.2, -0.15) is 26.3 Å². The fourth-order valence-corrected chi connectivity index (χ4v) is 3.43. The summed E-state index contributed by atoms with van der Waals surface area (Å²) in [5.74, 6) is 0. The Bertz CT molecular complexity index is 870. The molecule has 0 unspecified atom stereocenters. The Balaban J connectivity index is 1.62. The van der Waals surface area contributed by atoms with E-state index in [2.05, 4.69) is 10.1 Å². The minimum atomic E-state index is -5.59. The lowest BCUT2D eigenvalue weighted by atomic mass is 9.76. The Labute approximate surface area is 187 Å². The standard InChI is InChI=1S/C20H25BF6N2O4/c1-11-13(21-32-17(2,3)18(4,5)33-21)7-6-8-14(11)28-16(30)29-9-12(10-29)31-15(19(22,23)24)20(25,26)27/h6-8,12,15H,9-10H2,1-5H3,(H,28,30). The Kier molecular flexibility index (Phi) is 6.49. The molecule has 1 aromatic rings. The summed E-state index contributed by atoms with van der Waals surface area (Å²) in [4.78, 5) is 13.5. The molecule has 184 valence electrons. The van der Waals surface area contributed by atoms with Crippen molar-refractivity contribution in [2.45, 2.75) is 70.4 Å². The number of benzene rings is 1. The normalized spacial score (nSPS) is 20.8. The first-order valence-electron chi connectivity index (χ1n) is 10.2. The van der Waals surface area contributed by atoms with Crippen molar-refractivity contribution < 1.29 is 45.2 Å². The van der Waals surface area contributed by atoms with Crippen LogP contribution in [0.2, 0.25) is 0 Å². The van der Waals surface area contributed by atoms with Crippen LogP contribution < -0.4 is 10.8 Å². The van der Waals surface area contributed by atoms with Crippen LogP contribution in [0.1, 0.15) is 33.3 Å².